The van der Waals surface area contributed by atoms with Crippen LogP contribution in [0.3, 0.4) is 0 Å². The number of rotatable bonds is 1. The molecule has 3 rings (SSSR count). The summed E-state index contributed by atoms with van der Waals surface area (Å²) >= 11 is 6.15. The summed E-state index contributed by atoms with van der Waals surface area (Å²) < 4.78 is 5.63. The molecule has 0 aromatic heterocycles. The molecule has 1 saturated heterocycles. The van der Waals surface area contributed by atoms with Crippen molar-refractivity contribution in [3.63, 3.8) is 0 Å². The molecule has 3 nitrogen and oxygen atoms in total. The Kier molecular flexibility index (Phi) is 4.65. The van der Waals surface area contributed by atoms with Crippen molar-refractivity contribution in [2.24, 2.45) is 0 Å². The smallest absolute Gasteiger partial charge is 0.411 e. The minimum Gasteiger partial charge on any atom is -0.444 e. The number of carbonyl (C=O) groups excluding carboxylic acids is 1. The maximum atomic E-state index is 12.6. The van der Waals surface area contributed by atoms with Crippen LogP contribution in [0.15, 0.2) is 24.3 Å². The number of amides is 1. The van der Waals surface area contributed by atoms with Crippen LogP contribution in [0.5, 0.6) is 0 Å². The zero-order valence-corrected chi connectivity index (χ0v) is 15.7. The second-order valence-corrected chi connectivity index (χ2v) is 8.31. The SMILES string of the molecule is Cc1cc(C2=CC3CCCC(C2)N3C(=O)OC(C)(C)C)ccc1Cl. The van der Waals surface area contributed by atoms with Crippen LogP contribution in [0.4, 0.5) is 4.79 Å². The first-order chi connectivity index (χ1) is 11.2. The topological polar surface area (TPSA) is 29.5 Å². The van der Waals surface area contributed by atoms with Gasteiger partial charge in [0.2, 0.25) is 0 Å². The largest absolute Gasteiger partial charge is 0.444 e. The van der Waals surface area contributed by atoms with Gasteiger partial charge in [-0.25, -0.2) is 4.79 Å². The Morgan fingerprint density at radius 1 is 1.29 bits per heavy atom. The predicted molar refractivity (Wildman–Crippen MR) is 98.3 cm³/mol. The van der Waals surface area contributed by atoms with E-state index in [2.05, 4.69) is 18.2 Å². The van der Waals surface area contributed by atoms with Gasteiger partial charge in [-0.1, -0.05) is 29.8 Å². The van der Waals surface area contributed by atoms with E-state index in [1.165, 1.54) is 11.1 Å². The van der Waals surface area contributed by atoms with Crippen molar-refractivity contribution in [1.82, 2.24) is 4.90 Å². The highest BCUT2D eigenvalue weighted by Crippen LogP contribution is 2.38. The molecule has 2 atom stereocenters. The number of hydrogen-bond donors (Lipinski definition) is 0. The third kappa shape index (κ3) is 3.61. The number of piperidine rings is 1. The summed E-state index contributed by atoms with van der Waals surface area (Å²) in [6.07, 6.45) is 6.17. The summed E-state index contributed by atoms with van der Waals surface area (Å²) in [7, 11) is 0. The van der Waals surface area contributed by atoms with E-state index < -0.39 is 5.60 Å². The Balaban J connectivity index is 1.87. The van der Waals surface area contributed by atoms with Crippen molar-refractivity contribution in [1.29, 1.82) is 0 Å². The quantitative estimate of drug-likeness (QED) is 0.662. The average molecular weight is 348 g/mol. The number of nitrogens with zero attached hydrogens (tertiary/aromatic N) is 1. The van der Waals surface area contributed by atoms with Gasteiger partial charge in [-0.2, -0.15) is 0 Å². The van der Waals surface area contributed by atoms with Gasteiger partial charge in [-0.15, -0.1) is 0 Å². The highest BCUT2D eigenvalue weighted by Gasteiger charge is 2.39. The molecule has 1 aromatic carbocycles. The molecule has 130 valence electrons. The highest BCUT2D eigenvalue weighted by atomic mass is 35.5. The summed E-state index contributed by atoms with van der Waals surface area (Å²) in [5.74, 6) is 0. The number of hydrogen-bond acceptors (Lipinski definition) is 2. The minimum atomic E-state index is -0.456. The fraction of sp³-hybridized carbons (Fsp3) is 0.550. The Hall–Kier alpha value is -1.48. The van der Waals surface area contributed by atoms with Gasteiger partial charge in [0, 0.05) is 11.1 Å². The maximum Gasteiger partial charge on any atom is 0.411 e. The zero-order valence-electron chi connectivity index (χ0n) is 14.9. The van der Waals surface area contributed by atoms with Gasteiger partial charge in [0.05, 0.1) is 6.04 Å². The molecule has 24 heavy (non-hydrogen) atoms. The Morgan fingerprint density at radius 3 is 2.67 bits per heavy atom. The first-order valence-corrected chi connectivity index (χ1v) is 9.11. The van der Waals surface area contributed by atoms with Crippen LogP contribution in [-0.4, -0.2) is 28.7 Å². The summed E-state index contributed by atoms with van der Waals surface area (Å²) in [5.41, 5.74) is 3.18. The fourth-order valence-corrected chi connectivity index (χ4v) is 3.80. The van der Waals surface area contributed by atoms with Gasteiger partial charge in [-0.05, 0) is 76.1 Å². The maximum absolute atomic E-state index is 12.6. The molecule has 0 radical (unpaired) electrons. The molecule has 2 aliphatic rings. The van der Waals surface area contributed by atoms with Crippen molar-refractivity contribution in [3.8, 4) is 0 Å². The first-order valence-electron chi connectivity index (χ1n) is 8.73. The summed E-state index contributed by atoms with van der Waals surface area (Å²) in [4.78, 5) is 14.6. The van der Waals surface area contributed by atoms with Crippen LogP contribution >= 0.6 is 11.6 Å². The number of benzene rings is 1. The van der Waals surface area contributed by atoms with Crippen molar-refractivity contribution in [2.45, 2.75) is 71.1 Å². The molecular formula is C20H26ClNO2. The van der Waals surface area contributed by atoms with Crippen molar-refractivity contribution in [2.75, 3.05) is 0 Å². The van der Waals surface area contributed by atoms with Gasteiger partial charge < -0.3 is 4.74 Å². The molecule has 0 spiro atoms. The second-order valence-electron chi connectivity index (χ2n) is 7.90. The van der Waals surface area contributed by atoms with Crippen LogP contribution in [0.2, 0.25) is 5.02 Å². The molecule has 2 bridgehead atoms. The van der Waals surface area contributed by atoms with Gasteiger partial charge >= 0.3 is 6.09 Å². The lowest BCUT2D eigenvalue weighted by Gasteiger charge is -2.45. The molecule has 1 fully saturated rings. The minimum absolute atomic E-state index is 0.137. The molecule has 4 heteroatoms. The molecular weight excluding hydrogens is 322 g/mol. The van der Waals surface area contributed by atoms with Crippen LogP contribution < -0.4 is 0 Å². The standard InChI is InChI=1S/C20H26ClNO2/c1-13-10-14(8-9-18(13)21)15-11-16-6-5-7-17(12-15)22(16)19(23)24-20(2,3)4/h8-11,16-17H,5-7,12H2,1-4H3. The van der Waals surface area contributed by atoms with E-state index in [-0.39, 0.29) is 18.2 Å². The molecule has 0 aliphatic carbocycles. The van der Waals surface area contributed by atoms with E-state index in [1.807, 2.05) is 38.7 Å². The van der Waals surface area contributed by atoms with Crippen LogP contribution in [0.25, 0.3) is 5.57 Å². The van der Waals surface area contributed by atoms with Gasteiger partial charge in [0.1, 0.15) is 5.60 Å². The normalized spacial score (nSPS) is 23.7. The lowest BCUT2D eigenvalue weighted by atomic mass is 9.83. The Bertz CT molecular complexity index is 675. The third-order valence-electron chi connectivity index (χ3n) is 4.77. The molecule has 1 amide bonds. The Morgan fingerprint density at radius 2 is 2.04 bits per heavy atom. The van der Waals surface area contributed by atoms with E-state index in [0.29, 0.717) is 0 Å². The predicted octanol–water partition coefficient (Wildman–Crippen LogP) is 5.59. The molecule has 2 unspecified atom stereocenters. The molecule has 1 aromatic rings. The molecule has 0 N–H and O–H groups in total. The first kappa shape index (κ1) is 17.3. The number of halogens is 1. The van der Waals surface area contributed by atoms with Crippen LogP contribution in [0, 0.1) is 6.92 Å². The van der Waals surface area contributed by atoms with E-state index in [4.69, 9.17) is 16.3 Å². The number of aryl methyl sites for hydroxylation is 1. The lowest BCUT2D eigenvalue weighted by Crippen LogP contribution is -2.53. The van der Waals surface area contributed by atoms with E-state index in [1.54, 1.807) is 0 Å². The summed E-state index contributed by atoms with van der Waals surface area (Å²) in [6, 6.07) is 6.56. The molecule has 2 heterocycles. The number of carbonyl (C=O) groups is 1. The second kappa shape index (κ2) is 6.44. The van der Waals surface area contributed by atoms with Crippen LogP contribution in [-0.2, 0) is 4.74 Å². The number of fused-ring (bicyclic) bond motifs is 2. The highest BCUT2D eigenvalue weighted by molar-refractivity contribution is 6.31. The molecule has 0 saturated carbocycles. The van der Waals surface area contributed by atoms with Crippen molar-refractivity contribution >= 4 is 23.3 Å². The van der Waals surface area contributed by atoms with E-state index in [0.717, 1.165) is 36.3 Å². The Labute approximate surface area is 149 Å². The monoisotopic (exact) mass is 347 g/mol. The number of ether oxygens (including phenoxy) is 1. The van der Waals surface area contributed by atoms with Crippen LogP contribution in [0.1, 0.15) is 57.6 Å². The van der Waals surface area contributed by atoms with Gasteiger partial charge in [-0.3, -0.25) is 4.90 Å². The zero-order chi connectivity index (χ0) is 17.5. The third-order valence-corrected chi connectivity index (χ3v) is 5.19. The summed E-state index contributed by atoms with van der Waals surface area (Å²) in [6.45, 7) is 7.79. The van der Waals surface area contributed by atoms with Gasteiger partial charge in [0.15, 0.2) is 0 Å². The fourth-order valence-electron chi connectivity index (χ4n) is 3.69. The average Bonchev–Trinajstić information content (AvgIpc) is 2.47. The molecule has 2 aliphatic heterocycles. The van der Waals surface area contributed by atoms with E-state index >= 15 is 0 Å². The van der Waals surface area contributed by atoms with Crippen molar-refractivity contribution < 1.29 is 9.53 Å². The summed E-state index contributed by atoms with van der Waals surface area (Å²) in [5, 5.41) is 0.797. The van der Waals surface area contributed by atoms with Gasteiger partial charge in [0.25, 0.3) is 0 Å². The van der Waals surface area contributed by atoms with Crippen molar-refractivity contribution in [3.05, 3.63) is 40.4 Å². The van der Waals surface area contributed by atoms with E-state index in [9.17, 15) is 4.79 Å². The lowest BCUT2D eigenvalue weighted by molar-refractivity contribution is 0.0000854.